The van der Waals surface area contributed by atoms with Crippen molar-refractivity contribution in [1.82, 2.24) is 0 Å². The highest BCUT2D eigenvalue weighted by molar-refractivity contribution is 5.81. The molecule has 0 saturated carbocycles. The smallest absolute Gasteiger partial charge is 0.138 e. The second kappa shape index (κ2) is 5.89. The molecule has 0 amide bonds. The lowest BCUT2D eigenvalue weighted by Crippen LogP contribution is -2.40. The first-order valence-corrected chi connectivity index (χ1v) is 9.27. The van der Waals surface area contributed by atoms with Crippen LogP contribution in [0.4, 0.5) is 0 Å². The van der Waals surface area contributed by atoms with E-state index < -0.39 is 5.60 Å². The summed E-state index contributed by atoms with van der Waals surface area (Å²) in [5, 5.41) is 0. The summed E-state index contributed by atoms with van der Waals surface area (Å²) < 4.78 is 6.93. The van der Waals surface area contributed by atoms with E-state index in [1.807, 2.05) is 0 Å². The Morgan fingerprint density at radius 1 is 0.917 bits per heavy atom. The van der Waals surface area contributed by atoms with Gasteiger partial charge in [-0.1, -0.05) is 74.4 Å². The van der Waals surface area contributed by atoms with Gasteiger partial charge in [0.1, 0.15) is 5.60 Å². The third kappa shape index (κ3) is 2.11. The normalized spacial score (nSPS) is 23.7. The van der Waals surface area contributed by atoms with Crippen molar-refractivity contribution in [3.8, 4) is 11.1 Å². The van der Waals surface area contributed by atoms with E-state index in [2.05, 4.69) is 75.4 Å². The Labute approximate surface area is 145 Å². The molecule has 1 heteroatoms. The zero-order valence-corrected chi connectivity index (χ0v) is 14.9. The number of hydrogen-bond acceptors (Lipinski definition) is 1. The van der Waals surface area contributed by atoms with Crippen LogP contribution in [0.1, 0.15) is 51.2 Å². The van der Waals surface area contributed by atoms with Gasteiger partial charge in [-0.2, -0.15) is 0 Å². The number of hydrogen-bond donors (Lipinski definition) is 0. The standard InChI is InChI=1S/C23H26O/c1-4-10-22-17(5-2)16(3)15-23(24-22)20-13-8-6-11-18(20)19-12-7-9-14-21(19)23/h6-9,11-15,17,22H,4-5,10H2,1-3H3. The maximum absolute atomic E-state index is 6.93. The van der Waals surface area contributed by atoms with E-state index in [9.17, 15) is 0 Å². The number of rotatable bonds is 3. The zero-order chi connectivity index (χ0) is 16.7. The van der Waals surface area contributed by atoms with E-state index in [0.29, 0.717) is 12.0 Å². The summed E-state index contributed by atoms with van der Waals surface area (Å²) in [4.78, 5) is 0. The first-order valence-electron chi connectivity index (χ1n) is 9.27. The molecule has 1 aliphatic carbocycles. The lowest BCUT2D eigenvalue weighted by atomic mass is 9.79. The molecule has 0 radical (unpaired) electrons. The minimum atomic E-state index is -0.400. The molecule has 24 heavy (non-hydrogen) atoms. The fourth-order valence-electron chi connectivity index (χ4n) is 4.72. The van der Waals surface area contributed by atoms with Crippen molar-refractivity contribution < 1.29 is 4.74 Å². The Bertz CT molecular complexity index is 741. The Morgan fingerprint density at radius 2 is 1.50 bits per heavy atom. The first kappa shape index (κ1) is 15.7. The molecule has 2 aromatic carbocycles. The monoisotopic (exact) mass is 318 g/mol. The van der Waals surface area contributed by atoms with Gasteiger partial charge in [-0.25, -0.2) is 0 Å². The van der Waals surface area contributed by atoms with Gasteiger partial charge in [0, 0.05) is 17.0 Å². The van der Waals surface area contributed by atoms with Gasteiger partial charge in [-0.15, -0.1) is 0 Å². The van der Waals surface area contributed by atoms with Crippen LogP contribution in [0, 0.1) is 5.92 Å². The number of ether oxygens (including phenoxy) is 1. The van der Waals surface area contributed by atoms with E-state index in [-0.39, 0.29) is 0 Å². The molecule has 0 aromatic heterocycles. The Balaban J connectivity index is 1.95. The summed E-state index contributed by atoms with van der Waals surface area (Å²) in [6.07, 6.45) is 6.12. The first-order chi connectivity index (χ1) is 11.7. The molecule has 2 aliphatic rings. The van der Waals surface area contributed by atoms with Crippen molar-refractivity contribution in [2.45, 2.75) is 51.7 Å². The molecular formula is C23H26O. The summed E-state index contributed by atoms with van der Waals surface area (Å²) >= 11 is 0. The molecule has 1 aliphatic heterocycles. The van der Waals surface area contributed by atoms with Gasteiger partial charge in [-0.05, 0) is 37.0 Å². The van der Waals surface area contributed by atoms with Gasteiger partial charge >= 0.3 is 0 Å². The van der Waals surface area contributed by atoms with Crippen LogP contribution in [0.5, 0.6) is 0 Å². The van der Waals surface area contributed by atoms with E-state index in [4.69, 9.17) is 4.74 Å². The highest BCUT2D eigenvalue weighted by Gasteiger charge is 2.47. The fourth-order valence-corrected chi connectivity index (χ4v) is 4.72. The average Bonchev–Trinajstić information content (AvgIpc) is 2.86. The number of fused-ring (bicyclic) bond motifs is 5. The van der Waals surface area contributed by atoms with Crippen LogP contribution in [-0.4, -0.2) is 6.10 Å². The molecule has 0 fully saturated rings. The average molecular weight is 318 g/mol. The lowest BCUT2D eigenvalue weighted by molar-refractivity contribution is -0.0786. The van der Waals surface area contributed by atoms with E-state index in [0.717, 1.165) is 19.3 Å². The van der Waals surface area contributed by atoms with Crippen molar-refractivity contribution in [2.75, 3.05) is 0 Å². The summed E-state index contributed by atoms with van der Waals surface area (Å²) in [6.45, 7) is 6.83. The molecule has 0 saturated heterocycles. The quantitative estimate of drug-likeness (QED) is 0.623. The molecule has 2 atom stereocenters. The van der Waals surface area contributed by atoms with E-state index >= 15 is 0 Å². The highest BCUT2D eigenvalue weighted by Crippen LogP contribution is 2.54. The van der Waals surface area contributed by atoms with E-state index in [1.165, 1.54) is 27.8 Å². The van der Waals surface area contributed by atoms with Crippen molar-refractivity contribution >= 4 is 0 Å². The van der Waals surface area contributed by atoms with Crippen LogP contribution in [0.2, 0.25) is 0 Å². The molecule has 4 rings (SSSR count). The maximum atomic E-state index is 6.93. The SMILES string of the molecule is CCCC1OC2(C=C(C)C1CC)c1ccccc1-c1ccccc12. The Morgan fingerprint density at radius 3 is 2.04 bits per heavy atom. The Kier molecular flexibility index (Phi) is 3.85. The van der Waals surface area contributed by atoms with Gasteiger partial charge < -0.3 is 4.74 Å². The third-order valence-corrected chi connectivity index (χ3v) is 5.76. The largest absolute Gasteiger partial charge is 0.358 e. The van der Waals surface area contributed by atoms with Crippen molar-refractivity contribution in [3.63, 3.8) is 0 Å². The predicted octanol–water partition coefficient (Wildman–Crippen LogP) is 6.08. The molecule has 1 spiro atoms. The van der Waals surface area contributed by atoms with Crippen molar-refractivity contribution in [2.24, 2.45) is 5.92 Å². The summed E-state index contributed by atoms with van der Waals surface area (Å²) in [5.41, 5.74) is 6.34. The maximum Gasteiger partial charge on any atom is 0.138 e. The molecule has 1 heterocycles. The van der Waals surface area contributed by atoms with Gasteiger partial charge in [-0.3, -0.25) is 0 Å². The van der Waals surface area contributed by atoms with Crippen LogP contribution in [0.25, 0.3) is 11.1 Å². The Hall–Kier alpha value is -1.86. The number of benzene rings is 2. The van der Waals surface area contributed by atoms with Gasteiger partial charge in [0.25, 0.3) is 0 Å². The molecule has 1 nitrogen and oxygen atoms in total. The van der Waals surface area contributed by atoms with Crippen LogP contribution in [-0.2, 0) is 10.3 Å². The molecule has 0 bridgehead atoms. The van der Waals surface area contributed by atoms with Crippen molar-refractivity contribution in [3.05, 3.63) is 71.3 Å². The predicted molar refractivity (Wildman–Crippen MR) is 100.0 cm³/mol. The molecule has 124 valence electrons. The summed E-state index contributed by atoms with van der Waals surface area (Å²) in [7, 11) is 0. The van der Waals surface area contributed by atoms with Crippen LogP contribution >= 0.6 is 0 Å². The minimum Gasteiger partial charge on any atom is -0.358 e. The molecule has 2 unspecified atom stereocenters. The van der Waals surface area contributed by atoms with Crippen LogP contribution in [0.15, 0.2) is 60.2 Å². The van der Waals surface area contributed by atoms with Crippen LogP contribution < -0.4 is 0 Å². The fraction of sp³-hybridized carbons (Fsp3) is 0.391. The van der Waals surface area contributed by atoms with Gasteiger partial charge in [0.05, 0.1) is 6.10 Å². The topological polar surface area (TPSA) is 9.23 Å². The second-order valence-electron chi connectivity index (χ2n) is 7.17. The zero-order valence-electron chi connectivity index (χ0n) is 14.9. The van der Waals surface area contributed by atoms with Crippen LogP contribution in [0.3, 0.4) is 0 Å². The van der Waals surface area contributed by atoms with E-state index in [1.54, 1.807) is 0 Å². The highest BCUT2D eigenvalue weighted by atomic mass is 16.5. The van der Waals surface area contributed by atoms with Gasteiger partial charge in [0.15, 0.2) is 0 Å². The lowest BCUT2D eigenvalue weighted by Gasteiger charge is -2.42. The summed E-state index contributed by atoms with van der Waals surface area (Å²) in [6, 6.07) is 17.5. The molecule has 2 aromatic rings. The van der Waals surface area contributed by atoms with Crippen molar-refractivity contribution in [1.29, 1.82) is 0 Å². The van der Waals surface area contributed by atoms with Gasteiger partial charge in [0.2, 0.25) is 0 Å². The minimum absolute atomic E-state index is 0.296. The second-order valence-corrected chi connectivity index (χ2v) is 7.17. The summed E-state index contributed by atoms with van der Waals surface area (Å²) in [5.74, 6) is 0.537. The third-order valence-electron chi connectivity index (χ3n) is 5.76. The molecular weight excluding hydrogens is 292 g/mol. The molecule has 0 N–H and O–H groups in total.